The molecule has 2 heterocycles. The van der Waals surface area contributed by atoms with Gasteiger partial charge in [-0.2, -0.15) is 26.8 Å². The second-order valence-electron chi connectivity index (χ2n) is 4.66. The van der Waals surface area contributed by atoms with Crippen LogP contribution >= 0.6 is 11.8 Å². The van der Waals surface area contributed by atoms with Crippen LogP contribution in [0.3, 0.4) is 0 Å². The van der Waals surface area contributed by atoms with Crippen LogP contribution < -0.4 is 10.6 Å². The van der Waals surface area contributed by atoms with E-state index in [1.54, 1.807) is 6.20 Å². The molecule has 0 aliphatic heterocycles. The molecule has 1 unspecified atom stereocenters. The third-order valence-electron chi connectivity index (χ3n) is 2.80. The Balaban J connectivity index is 2.18. The van der Waals surface area contributed by atoms with E-state index in [0.29, 0.717) is 12.0 Å². The van der Waals surface area contributed by atoms with E-state index in [9.17, 15) is 0 Å². The molecule has 0 amide bonds. The Morgan fingerprint density at radius 2 is 2.20 bits per heavy atom. The Hall–Kier alpha value is -1.50. The molecule has 6 nitrogen and oxygen atoms in total. The maximum absolute atomic E-state index is 4.56. The first-order valence-corrected chi connectivity index (χ1v) is 8.19. The Morgan fingerprint density at radius 3 is 2.95 bits per heavy atom. The zero-order valence-corrected chi connectivity index (χ0v) is 13.0. The van der Waals surface area contributed by atoms with Gasteiger partial charge in [0.2, 0.25) is 5.95 Å². The first-order valence-electron chi connectivity index (χ1n) is 7.03. The quantitative estimate of drug-likeness (QED) is 0.695. The summed E-state index contributed by atoms with van der Waals surface area (Å²) in [4.78, 5) is 8.97. The normalized spacial score (nSPS) is 12.6. The lowest BCUT2D eigenvalue weighted by Crippen LogP contribution is -2.19. The lowest BCUT2D eigenvalue weighted by atomic mass is 10.3. The molecular weight excluding hydrogens is 272 g/mol. The van der Waals surface area contributed by atoms with Crippen molar-refractivity contribution in [3.8, 4) is 0 Å². The number of aromatic amines is 1. The molecule has 3 N–H and O–H groups in total. The first kappa shape index (κ1) is 14.9. The maximum Gasteiger partial charge on any atom is 0.226 e. The topological polar surface area (TPSA) is 78.5 Å². The molecule has 0 saturated carbocycles. The van der Waals surface area contributed by atoms with Crippen molar-refractivity contribution < 1.29 is 0 Å². The molecule has 110 valence electrons. The molecule has 0 spiro atoms. The molecule has 0 saturated heterocycles. The Labute approximate surface area is 123 Å². The van der Waals surface area contributed by atoms with E-state index in [-0.39, 0.29) is 0 Å². The fourth-order valence-corrected chi connectivity index (χ4v) is 2.50. The third-order valence-corrected chi connectivity index (χ3v) is 3.94. The van der Waals surface area contributed by atoms with Gasteiger partial charge in [-0.05, 0) is 19.1 Å². The van der Waals surface area contributed by atoms with Crippen molar-refractivity contribution in [1.29, 1.82) is 0 Å². The number of nitrogens with one attached hydrogen (secondary N) is 3. The van der Waals surface area contributed by atoms with Gasteiger partial charge >= 0.3 is 0 Å². The van der Waals surface area contributed by atoms with Crippen LogP contribution in [0.5, 0.6) is 0 Å². The Kier molecular flexibility index (Phi) is 5.46. The first-order chi connectivity index (χ1) is 9.74. The molecule has 0 aliphatic carbocycles. The van der Waals surface area contributed by atoms with Crippen LogP contribution in [-0.4, -0.2) is 44.3 Å². The van der Waals surface area contributed by atoms with E-state index in [0.717, 1.165) is 41.3 Å². The molecule has 0 aliphatic rings. The number of thioether (sulfide) groups is 1. The largest absolute Gasteiger partial charge is 0.366 e. The van der Waals surface area contributed by atoms with Crippen molar-refractivity contribution in [2.75, 3.05) is 28.7 Å². The number of nitrogens with zero attached hydrogens (tertiary/aromatic N) is 3. The molecule has 0 fully saturated rings. The summed E-state index contributed by atoms with van der Waals surface area (Å²) in [5.41, 5.74) is 0.761. The van der Waals surface area contributed by atoms with Gasteiger partial charge in [0.1, 0.15) is 5.82 Å². The van der Waals surface area contributed by atoms with Gasteiger partial charge < -0.3 is 10.6 Å². The fourth-order valence-electron chi connectivity index (χ4n) is 1.83. The van der Waals surface area contributed by atoms with Crippen molar-refractivity contribution >= 4 is 34.6 Å². The summed E-state index contributed by atoms with van der Waals surface area (Å²) in [6.45, 7) is 7.31. The fraction of sp³-hybridized carbons (Fsp3) is 0.615. The molecule has 7 heteroatoms. The van der Waals surface area contributed by atoms with Crippen LogP contribution in [-0.2, 0) is 0 Å². The highest BCUT2D eigenvalue weighted by Crippen LogP contribution is 2.21. The Bertz CT molecular complexity index is 541. The second kappa shape index (κ2) is 7.33. The van der Waals surface area contributed by atoms with Crippen LogP contribution in [0, 0.1) is 0 Å². The predicted octanol–water partition coefficient (Wildman–Crippen LogP) is 2.73. The van der Waals surface area contributed by atoms with Gasteiger partial charge in [0.15, 0.2) is 5.65 Å². The highest BCUT2D eigenvalue weighted by molar-refractivity contribution is 7.99. The molecule has 2 rings (SSSR count). The van der Waals surface area contributed by atoms with Crippen LogP contribution in [0.15, 0.2) is 6.20 Å². The summed E-state index contributed by atoms with van der Waals surface area (Å²) < 4.78 is 0. The van der Waals surface area contributed by atoms with Crippen LogP contribution in [0.1, 0.15) is 27.2 Å². The van der Waals surface area contributed by atoms with Gasteiger partial charge in [-0.1, -0.05) is 13.8 Å². The van der Waals surface area contributed by atoms with Gasteiger partial charge in [-0.3, -0.25) is 5.10 Å². The van der Waals surface area contributed by atoms with E-state index in [4.69, 9.17) is 0 Å². The SMILES string of the molecule is CCCNc1nc(NC(C)CSCC)c2cn[nH]c2n1. The molecule has 2 aromatic rings. The second-order valence-corrected chi connectivity index (χ2v) is 5.98. The molecule has 20 heavy (non-hydrogen) atoms. The molecular formula is C13H22N6S. The lowest BCUT2D eigenvalue weighted by molar-refractivity contribution is 0.899. The standard InChI is InChI=1S/C13H22N6S/c1-4-6-14-13-17-11(16-9(3)8-20-5-2)10-7-15-19-12(10)18-13/h7,9H,4-6,8H2,1-3H3,(H3,14,15,16,17,18,19). The van der Waals surface area contributed by atoms with E-state index < -0.39 is 0 Å². The summed E-state index contributed by atoms with van der Waals surface area (Å²) in [5, 5.41) is 14.6. The van der Waals surface area contributed by atoms with E-state index in [1.807, 2.05) is 11.8 Å². The summed E-state index contributed by atoms with van der Waals surface area (Å²) in [5.74, 6) is 3.66. The number of aromatic nitrogens is 4. The molecule has 1 atom stereocenters. The van der Waals surface area contributed by atoms with Crippen LogP contribution in [0.2, 0.25) is 0 Å². The summed E-state index contributed by atoms with van der Waals surface area (Å²) in [7, 11) is 0. The average molecular weight is 294 g/mol. The van der Waals surface area contributed by atoms with E-state index in [2.05, 4.69) is 51.6 Å². The molecule has 0 aromatic carbocycles. The zero-order chi connectivity index (χ0) is 14.4. The van der Waals surface area contributed by atoms with Crippen molar-refractivity contribution in [2.24, 2.45) is 0 Å². The minimum Gasteiger partial charge on any atom is -0.366 e. The van der Waals surface area contributed by atoms with Gasteiger partial charge in [0, 0.05) is 18.3 Å². The van der Waals surface area contributed by atoms with Gasteiger partial charge in [0.25, 0.3) is 0 Å². The minimum atomic E-state index is 0.354. The minimum absolute atomic E-state index is 0.354. The summed E-state index contributed by atoms with van der Waals surface area (Å²) in [6.07, 6.45) is 2.80. The average Bonchev–Trinajstić information content (AvgIpc) is 2.91. The van der Waals surface area contributed by atoms with Crippen molar-refractivity contribution in [3.63, 3.8) is 0 Å². The smallest absolute Gasteiger partial charge is 0.226 e. The van der Waals surface area contributed by atoms with Crippen molar-refractivity contribution in [2.45, 2.75) is 33.2 Å². The molecule has 0 radical (unpaired) electrons. The number of hydrogen-bond acceptors (Lipinski definition) is 6. The zero-order valence-electron chi connectivity index (χ0n) is 12.2. The number of H-pyrrole nitrogens is 1. The number of anilines is 2. The van der Waals surface area contributed by atoms with Crippen LogP contribution in [0.25, 0.3) is 11.0 Å². The third kappa shape index (κ3) is 3.75. The summed E-state index contributed by atoms with van der Waals surface area (Å²) >= 11 is 1.92. The molecule has 2 aromatic heterocycles. The van der Waals surface area contributed by atoms with Gasteiger partial charge in [-0.25, -0.2) is 0 Å². The number of hydrogen-bond donors (Lipinski definition) is 3. The monoisotopic (exact) mass is 294 g/mol. The predicted molar refractivity (Wildman–Crippen MR) is 86.5 cm³/mol. The van der Waals surface area contributed by atoms with E-state index >= 15 is 0 Å². The number of rotatable bonds is 8. The Morgan fingerprint density at radius 1 is 1.35 bits per heavy atom. The number of fused-ring (bicyclic) bond motifs is 1. The van der Waals surface area contributed by atoms with Gasteiger partial charge in [-0.15, -0.1) is 0 Å². The highest BCUT2D eigenvalue weighted by Gasteiger charge is 2.11. The van der Waals surface area contributed by atoms with Gasteiger partial charge in [0.05, 0.1) is 11.6 Å². The maximum atomic E-state index is 4.56. The van der Waals surface area contributed by atoms with E-state index in [1.165, 1.54) is 0 Å². The van der Waals surface area contributed by atoms with Crippen LogP contribution in [0.4, 0.5) is 11.8 Å². The summed E-state index contributed by atoms with van der Waals surface area (Å²) in [6, 6.07) is 0.354. The molecule has 0 bridgehead atoms. The van der Waals surface area contributed by atoms with Crippen molar-refractivity contribution in [3.05, 3.63) is 6.20 Å². The highest BCUT2D eigenvalue weighted by atomic mass is 32.2. The van der Waals surface area contributed by atoms with Crippen molar-refractivity contribution in [1.82, 2.24) is 20.2 Å². The lowest BCUT2D eigenvalue weighted by Gasteiger charge is -2.15.